The summed E-state index contributed by atoms with van der Waals surface area (Å²) in [4.78, 5) is 16.0. The molecule has 0 fully saturated rings. The number of pyridine rings is 1. The maximum atomic E-state index is 14.6. The van der Waals surface area contributed by atoms with Crippen LogP contribution in [0, 0.1) is 11.0 Å². The van der Waals surface area contributed by atoms with Gasteiger partial charge in [-0.25, -0.2) is 4.39 Å². The van der Waals surface area contributed by atoms with E-state index in [9.17, 15) is 14.4 Å². The number of rotatable bonds is 5. The first kappa shape index (κ1) is 17.0. The second-order valence-electron chi connectivity index (χ2n) is 6.40. The van der Waals surface area contributed by atoms with Gasteiger partial charge in [-0.1, -0.05) is 36.4 Å². The second-order valence-corrected chi connectivity index (χ2v) is 6.40. The lowest BCUT2D eigenvalue weighted by Crippen LogP contribution is -2.34. The Bertz CT molecular complexity index is 1120. The van der Waals surface area contributed by atoms with Crippen LogP contribution in [0.5, 0.6) is 0 Å². The van der Waals surface area contributed by atoms with E-state index in [0.717, 1.165) is 16.5 Å². The number of nitrogens with one attached hydrogen (secondary N) is 1. The van der Waals surface area contributed by atoms with Crippen molar-refractivity contribution in [3.8, 4) is 0 Å². The predicted octanol–water partition coefficient (Wildman–Crippen LogP) is 4.35. The smallest absolute Gasteiger partial charge is 0.259 e. The van der Waals surface area contributed by atoms with Crippen LogP contribution in [0.4, 0.5) is 4.39 Å². The van der Waals surface area contributed by atoms with E-state index in [1.165, 1.54) is 18.3 Å². The molecular weight excluding hydrogens is 343 g/mol. The van der Waals surface area contributed by atoms with Crippen LogP contribution >= 0.6 is 0 Å². The van der Waals surface area contributed by atoms with Gasteiger partial charge in [-0.3, -0.25) is 4.79 Å². The van der Waals surface area contributed by atoms with E-state index in [1.54, 1.807) is 30.3 Å². The number of hydrogen-bond acceptors (Lipinski definition) is 2. The van der Waals surface area contributed by atoms with E-state index in [0.29, 0.717) is 10.3 Å². The fourth-order valence-corrected chi connectivity index (χ4v) is 3.46. The van der Waals surface area contributed by atoms with Crippen molar-refractivity contribution in [1.82, 2.24) is 4.98 Å². The van der Waals surface area contributed by atoms with Crippen molar-refractivity contribution in [2.24, 2.45) is 0 Å². The molecule has 0 spiro atoms. The Hall–Kier alpha value is -3.47. The van der Waals surface area contributed by atoms with Crippen molar-refractivity contribution in [1.29, 1.82) is 0 Å². The number of benzene rings is 2. The third-order valence-corrected chi connectivity index (χ3v) is 4.78. The Morgan fingerprint density at radius 2 is 1.74 bits per heavy atom. The highest BCUT2D eigenvalue weighted by Crippen LogP contribution is 2.35. The molecule has 0 unspecified atom stereocenters. The molecule has 4 aromatic rings. The van der Waals surface area contributed by atoms with E-state index in [4.69, 9.17) is 0 Å². The predicted molar refractivity (Wildman–Crippen MR) is 101 cm³/mol. The standard InChI is InChI=1S/C22H17FN2O2/c23-19-9-3-1-7-15(19)17(13-22(26)21-11-5-6-12-25(21)27)18-14-24-20-10-4-2-8-16(18)20/h1-12,14,17,24H,13H2/t17-/m0/s1. The largest absolute Gasteiger partial charge is 0.618 e. The Labute approximate surface area is 155 Å². The molecule has 27 heavy (non-hydrogen) atoms. The van der Waals surface area contributed by atoms with Gasteiger partial charge in [-0.2, -0.15) is 4.73 Å². The molecule has 0 bridgehead atoms. The average Bonchev–Trinajstić information content (AvgIpc) is 3.11. The topological polar surface area (TPSA) is 59.8 Å². The summed E-state index contributed by atoms with van der Waals surface area (Å²) in [6, 6.07) is 18.8. The lowest BCUT2D eigenvalue weighted by atomic mass is 9.86. The highest BCUT2D eigenvalue weighted by Gasteiger charge is 2.27. The van der Waals surface area contributed by atoms with Crippen LogP contribution in [-0.4, -0.2) is 10.8 Å². The Morgan fingerprint density at radius 1 is 1.00 bits per heavy atom. The number of aromatic amines is 1. The first-order valence-corrected chi connectivity index (χ1v) is 8.67. The molecule has 4 rings (SSSR count). The van der Waals surface area contributed by atoms with Crippen molar-refractivity contribution in [2.45, 2.75) is 12.3 Å². The highest BCUT2D eigenvalue weighted by atomic mass is 19.1. The van der Waals surface area contributed by atoms with E-state index < -0.39 is 5.92 Å². The third kappa shape index (κ3) is 3.19. The number of H-pyrrole nitrogens is 1. The van der Waals surface area contributed by atoms with Gasteiger partial charge >= 0.3 is 0 Å². The molecule has 5 heteroatoms. The van der Waals surface area contributed by atoms with Crippen molar-refractivity contribution < 1.29 is 13.9 Å². The summed E-state index contributed by atoms with van der Waals surface area (Å²) in [5.74, 6) is -1.21. The van der Waals surface area contributed by atoms with Crippen molar-refractivity contribution >= 4 is 16.7 Å². The molecule has 2 aromatic carbocycles. The fourth-order valence-electron chi connectivity index (χ4n) is 3.46. The molecule has 2 heterocycles. The van der Waals surface area contributed by atoms with Gasteiger partial charge in [0.25, 0.3) is 5.69 Å². The number of fused-ring (bicyclic) bond motifs is 1. The first-order valence-electron chi connectivity index (χ1n) is 8.67. The van der Waals surface area contributed by atoms with E-state index >= 15 is 0 Å². The number of carbonyl (C=O) groups excluding carboxylic acids is 1. The van der Waals surface area contributed by atoms with Crippen LogP contribution in [0.1, 0.15) is 34.0 Å². The zero-order chi connectivity index (χ0) is 18.8. The lowest BCUT2D eigenvalue weighted by Gasteiger charge is -2.17. The van der Waals surface area contributed by atoms with Gasteiger partial charge in [-0.05, 0) is 29.3 Å². The number of Topliss-reactive ketones (excluding diaryl/α,β-unsaturated/α-hetero) is 1. The summed E-state index contributed by atoms with van der Waals surface area (Å²) in [7, 11) is 0. The molecule has 134 valence electrons. The average molecular weight is 360 g/mol. The maximum Gasteiger partial charge on any atom is 0.259 e. The lowest BCUT2D eigenvalue weighted by molar-refractivity contribution is -0.607. The fraction of sp³-hybridized carbons (Fsp3) is 0.0909. The molecule has 0 saturated heterocycles. The highest BCUT2D eigenvalue weighted by molar-refractivity contribution is 5.94. The van der Waals surface area contributed by atoms with Crippen LogP contribution in [-0.2, 0) is 0 Å². The molecule has 0 amide bonds. The number of hydrogen-bond donors (Lipinski definition) is 1. The molecule has 0 radical (unpaired) electrons. The summed E-state index contributed by atoms with van der Waals surface area (Å²) >= 11 is 0. The minimum absolute atomic E-state index is 0.00493. The zero-order valence-electron chi connectivity index (χ0n) is 14.4. The number of ketones is 1. The molecule has 2 aromatic heterocycles. The molecule has 4 nitrogen and oxygen atoms in total. The van der Waals surface area contributed by atoms with Crippen LogP contribution in [0.2, 0.25) is 0 Å². The van der Waals surface area contributed by atoms with Crippen LogP contribution < -0.4 is 4.73 Å². The zero-order valence-corrected chi connectivity index (χ0v) is 14.4. The number of nitrogens with zero attached hydrogens (tertiary/aromatic N) is 1. The molecule has 0 aliphatic carbocycles. The van der Waals surface area contributed by atoms with Gasteiger partial charge in [0.1, 0.15) is 5.82 Å². The summed E-state index contributed by atoms with van der Waals surface area (Å²) < 4.78 is 15.1. The van der Waals surface area contributed by atoms with E-state index in [-0.39, 0.29) is 23.7 Å². The van der Waals surface area contributed by atoms with Crippen molar-refractivity contribution in [2.75, 3.05) is 0 Å². The summed E-state index contributed by atoms with van der Waals surface area (Å²) in [6.07, 6.45) is 3.09. The Morgan fingerprint density at radius 3 is 2.56 bits per heavy atom. The number of para-hydroxylation sites is 1. The second kappa shape index (κ2) is 7.03. The number of halogens is 1. The Kier molecular flexibility index (Phi) is 4.42. The summed E-state index contributed by atoms with van der Waals surface area (Å²) in [5, 5.41) is 12.9. The minimum atomic E-state index is -0.505. The SMILES string of the molecule is O=C(C[C@@H](c1ccccc1F)c1c[nH]c2ccccc12)c1cccc[n+]1[O-]. The molecule has 0 saturated carbocycles. The number of carbonyl (C=O) groups is 1. The normalized spacial score (nSPS) is 12.2. The molecule has 1 N–H and O–H groups in total. The first-order chi connectivity index (χ1) is 13.1. The van der Waals surface area contributed by atoms with Gasteiger partial charge < -0.3 is 10.2 Å². The van der Waals surface area contributed by atoms with Gasteiger partial charge in [-0.15, -0.1) is 0 Å². The van der Waals surface area contributed by atoms with Crippen LogP contribution in [0.25, 0.3) is 10.9 Å². The molecule has 0 aliphatic heterocycles. The quantitative estimate of drug-likeness (QED) is 0.327. The van der Waals surface area contributed by atoms with Crippen molar-refractivity contribution in [3.63, 3.8) is 0 Å². The maximum absolute atomic E-state index is 14.6. The monoisotopic (exact) mass is 360 g/mol. The molecule has 1 atom stereocenters. The minimum Gasteiger partial charge on any atom is -0.618 e. The summed E-state index contributed by atoms with van der Waals surface area (Å²) in [5.41, 5.74) is 2.24. The van der Waals surface area contributed by atoms with Gasteiger partial charge in [0.05, 0.1) is 0 Å². The Balaban J connectivity index is 1.81. The van der Waals surface area contributed by atoms with Crippen molar-refractivity contribution in [3.05, 3.63) is 107 Å². The third-order valence-electron chi connectivity index (χ3n) is 4.78. The molecule has 0 aliphatic rings. The number of aromatic nitrogens is 2. The van der Waals surface area contributed by atoms with Gasteiger partial charge in [0.15, 0.2) is 6.20 Å². The van der Waals surface area contributed by atoms with Crippen LogP contribution in [0.15, 0.2) is 79.1 Å². The van der Waals surface area contributed by atoms with Crippen LogP contribution in [0.3, 0.4) is 0 Å². The van der Waals surface area contributed by atoms with Gasteiger partial charge in [0, 0.05) is 41.6 Å². The summed E-state index contributed by atoms with van der Waals surface area (Å²) in [6.45, 7) is 0. The van der Waals surface area contributed by atoms with E-state index in [1.807, 2.05) is 30.5 Å². The molecular formula is C22H17FN2O2. The van der Waals surface area contributed by atoms with Gasteiger partial charge in [0.2, 0.25) is 5.78 Å². The van der Waals surface area contributed by atoms with E-state index in [2.05, 4.69) is 4.98 Å².